The Morgan fingerprint density at radius 1 is 1.40 bits per heavy atom. The molecule has 0 aliphatic rings. The van der Waals surface area contributed by atoms with Crippen molar-refractivity contribution in [2.75, 3.05) is 25.6 Å². The number of hydrogen-bond donors (Lipinski definition) is 2. The van der Waals surface area contributed by atoms with Crippen molar-refractivity contribution in [1.29, 1.82) is 0 Å². The summed E-state index contributed by atoms with van der Waals surface area (Å²) < 4.78 is 5.29. The van der Waals surface area contributed by atoms with Crippen LogP contribution in [0.2, 0.25) is 0 Å². The van der Waals surface area contributed by atoms with Crippen LogP contribution in [0.5, 0.6) is 5.75 Å². The summed E-state index contributed by atoms with van der Waals surface area (Å²) in [5.41, 5.74) is 6.74. The van der Waals surface area contributed by atoms with Crippen LogP contribution in [0.1, 0.15) is 37.0 Å². The summed E-state index contributed by atoms with van der Waals surface area (Å²) >= 11 is 1.79. The molecule has 3 N–H and O–H groups in total. The van der Waals surface area contributed by atoms with Crippen molar-refractivity contribution in [1.82, 2.24) is 5.32 Å². The third-order valence-electron chi connectivity index (χ3n) is 3.80. The summed E-state index contributed by atoms with van der Waals surface area (Å²) in [6, 6.07) is 5.22. The maximum Gasteiger partial charge on any atom is 0.257 e. The van der Waals surface area contributed by atoms with Gasteiger partial charge in [0.05, 0.1) is 7.11 Å². The van der Waals surface area contributed by atoms with Crippen LogP contribution in [0.4, 0.5) is 5.69 Å². The zero-order valence-electron chi connectivity index (χ0n) is 12.7. The number of benzene rings is 1. The number of methoxy groups -OCH3 is 1. The molecule has 0 aliphatic heterocycles. The van der Waals surface area contributed by atoms with Gasteiger partial charge in [0.1, 0.15) is 11.3 Å². The first-order valence-electron chi connectivity index (χ1n) is 6.79. The number of nitrogen functional groups attached to an aromatic ring is 1. The Morgan fingerprint density at radius 3 is 2.55 bits per heavy atom. The Hall–Kier alpha value is -1.36. The van der Waals surface area contributed by atoms with Crippen molar-refractivity contribution in [3.63, 3.8) is 0 Å². The predicted octanol–water partition coefficient (Wildman–Crippen LogP) is 2.93. The maximum absolute atomic E-state index is 12.4. The number of hydrogen-bond acceptors (Lipinski definition) is 4. The Balaban J connectivity index is 2.87. The highest BCUT2D eigenvalue weighted by Crippen LogP contribution is 2.30. The molecule has 0 atom stereocenters. The average molecular weight is 296 g/mol. The van der Waals surface area contributed by atoms with E-state index >= 15 is 0 Å². The number of nitrogens with two attached hydrogens (primary N) is 1. The minimum absolute atomic E-state index is 0.0758. The van der Waals surface area contributed by atoms with Crippen molar-refractivity contribution in [3.05, 3.63) is 23.8 Å². The molecular weight excluding hydrogens is 272 g/mol. The number of rotatable bonds is 7. The number of ether oxygens (including phenoxy) is 1. The van der Waals surface area contributed by atoms with Gasteiger partial charge in [-0.15, -0.1) is 0 Å². The monoisotopic (exact) mass is 296 g/mol. The molecular formula is C15H24N2O2S. The van der Waals surface area contributed by atoms with E-state index in [-0.39, 0.29) is 10.7 Å². The Labute approximate surface area is 125 Å². The fourth-order valence-electron chi connectivity index (χ4n) is 2.15. The second-order valence-corrected chi connectivity index (χ2v) is 5.98. The Morgan fingerprint density at radius 2 is 2.05 bits per heavy atom. The first kappa shape index (κ1) is 16.7. The van der Waals surface area contributed by atoms with Crippen LogP contribution in [0, 0.1) is 0 Å². The van der Waals surface area contributed by atoms with E-state index in [1.165, 1.54) is 7.11 Å². The molecule has 0 saturated carbocycles. The minimum Gasteiger partial charge on any atom is -0.496 e. The molecule has 0 spiro atoms. The van der Waals surface area contributed by atoms with Crippen molar-refractivity contribution < 1.29 is 9.53 Å². The smallest absolute Gasteiger partial charge is 0.257 e. The highest BCUT2D eigenvalue weighted by Gasteiger charge is 2.26. The van der Waals surface area contributed by atoms with E-state index < -0.39 is 0 Å². The van der Waals surface area contributed by atoms with Crippen LogP contribution in [-0.4, -0.2) is 30.6 Å². The van der Waals surface area contributed by atoms with Gasteiger partial charge >= 0.3 is 0 Å². The molecule has 112 valence electrons. The molecule has 0 heterocycles. The lowest BCUT2D eigenvalue weighted by atomic mass is 10.0. The summed E-state index contributed by atoms with van der Waals surface area (Å²) in [5.74, 6) is 0.325. The normalized spacial score (nSPS) is 11.2. The van der Waals surface area contributed by atoms with Gasteiger partial charge in [0.15, 0.2) is 0 Å². The number of carbonyl (C=O) groups is 1. The van der Waals surface area contributed by atoms with Crippen molar-refractivity contribution in [3.8, 4) is 5.75 Å². The molecule has 20 heavy (non-hydrogen) atoms. The van der Waals surface area contributed by atoms with Gasteiger partial charge in [-0.05, 0) is 31.2 Å². The van der Waals surface area contributed by atoms with Crippen molar-refractivity contribution in [2.45, 2.75) is 31.4 Å². The number of amides is 1. The van der Waals surface area contributed by atoms with Gasteiger partial charge in [0.2, 0.25) is 0 Å². The van der Waals surface area contributed by atoms with Crippen molar-refractivity contribution >= 4 is 23.4 Å². The standard InChI is InChI=1S/C15H24N2O2S/c1-5-15(6-2,20-4)10-17-14(18)13-11(16)8-7-9-12(13)19-3/h7-9H,5-6,10,16H2,1-4H3,(H,17,18). The second-order valence-electron chi connectivity index (χ2n) is 4.70. The van der Waals surface area contributed by atoms with Gasteiger partial charge in [-0.3, -0.25) is 4.79 Å². The topological polar surface area (TPSA) is 64.4 Å². The largest absolute Gasteiger partial charge is 0.496 e. The minimum atomic E-state index is -0.180. The first-order chi connectivity index (χ1) is 9.53. The Bertz CT molecular complexity index is 451. The summed E-state index contributed by atoms with van der Waals surface area (Å²) in [5, 5.41) is 2.99. The van der Waals surface area contributed by atoms with Gasteiger partial charge < -0.3 is 15.8 Å². The molecule has 1 amide bonds. The lowest BCUT2D eigenvalue weighted by Gasteiger charge is -2.30. The van der Waals surface area contributed by atoms with Gasteiger partial charge in [0, 0.05) is 17.0 Å². The fourth-order valence-corrected chi connectivity index (χ4v) is 2.95. The number of thioether (sulfide) groups is 1. The molecule has 1 aromatic carbocycles. The molecule has 5 heteroatoms. The van der Waals surface area contributed by atoms with E-state index in [1.807, 2.05) is 0 Å². The predicted molar refractivity (Wildman–Crippen MR) is 86.6 cm³/mol. The quantitative estimate of drug-likeness (QED) is 0.759. The lowest BCUT2D eigenvalue weighted by Crippen LogP contribution is -2.39. The number of anilines is 1. The summed E-state index contributed by atoms with van der Waals surface area (Å²) in [6.07, 6.45) is 4.09. The highest BCUT2D eigenvalue weighted by molar-refractivity contribution is 8.00. The molecule has 1 rings (SSSR count). The van der Waals surface area contributed by atoms with Gasteiger partial charge in [0.25, 0.3) is 5.91 Å². The van der Waals surface area contributed by atoms with Crippen LogP contribution in [0.15, 0.2) is 18.2 Å². The van der Waals surface area contributed by atoms with Crippen LogP contribution < -0.4 is 15.8 Å². The zero-order chi connectivity index (χ0) is 15.2. The number of carbonyl (C=O) groups excluding carboxylic acids is 1. The molecule has 0 bridgehead atoms. The molecule has 0 fully saturated rings. The van der Waals surface area contributed by atoms with E-state index in [1.54, 1.807) is 30.0 Å². The van der Waals surface area contributed by atoms with Crippen molar-refractivity contribution in [2.24, 2.45) is 0 Å². The number of nitrogens with one attached hydrogen (secondary N) is 1. The van der Waals surface area contributed by atoms with Crippen LogP contribution in [0.25, 0.3) is 0 Å². The van der Waals surface area contributed by atoms with Crippen LogP contribution >= 0.6 is 11.8 Å². The van der Waals surface area contributed by atoms with E-state index in [0.717, 1.165) is 12.8 Å². The van der Waals surface area contributed by atoms with Gasteiger partial charge in [-0.1, -0.05) is 19.9 Å². The van der Waals surface area contributed by atoms with Crippen LogP contribution in [-0.2, 0) is 0 Å². The molecule has 0 unspecified atom stereocenters. The summed E-state index contributed by atoms with van der Waals surface area (Å²) in [4.78, 5) is 12.4. The molecule has 4 nitrogen and oxygen atoms in total. The summed E-state index contributed by atoms with van der Waals surface area (Å²) in [7, 11) is 1.54. The zero-order valence-corrected chi connectivity index (χ0v) is 13.5. The summed E-state index contributed by atoms with van der Waals surface area (Å²) in [6.45, 7) is 4.91. The van der Waals surface area contributed by atoms with Gasteiger partial charge in [-0.2, -0.15) is 11.8 Å². The first-order valence-corrected chi connectivity index (χ1v) is 8.01. The van der Waals surface area contributed by atoms with E-state index in [4.69, 9.17) is 10.5 Å². The molecule has 0 aliphatic carbocycles. The van der Waals surface area contributed by atoms with E-state index in [9.17, 15) is 4.79 Å². The average Bonchev–Trinajstić information content (AvgIpc) is 2.48. The molecule has 0 radical (unpaired) electrons. The lowest BCUT2D eigenvalue weighted by molar-refractivity contribution is 0.0947. The third-order valence-corrected chi connectivity index (χ3v) is 5.39. The second kappa shape index (κ2) is 7.43. The Kier molecular flexibility index (Phi) is 6.20. The van der Waals surface area contributed by atoms with Crippen LogP contribution in [0.3, 0.4) is 0 Å². The maximum atomic E-state index is 12.4. The SMILES string of the molecule is CCC(CC)(CNC(=O)c1c(N)cccc1OC)SC. The molecule has 0 aromatic heterocycles. The molecule has 1 aromatic rings. The van der Waals surface area contributed by atoms with Gasteiger partial charge in [-0.25, -0.2) is 0 Å². The van der Waals surface area contributed by atoms with E-state index in [0.29, 0.717) is 23.5 Å². The fraction of sp³-hybridized carbons (Fsp3) is 0.533. The van der Waals surface area contributed by atoms with E-state index in [2.05, 4.69) is 25.4 Å². The highest BCUT2D eigenvalue weighted by atomic mass is 32.2. The molecule has 0 saturated heterocycles. The third kappa shape index (κ3) is 3.60.